The minimum absolute atomic E-state index is 0.0364. The summed E-state index contributed by atoms with van der Waals surface area (Å²) >= 11 is 1.47. The van der Waals surface area contributed by atoms with E-state index in [0.717, 1.165) is 22.5 Å². The Hall–Kier alpha value is -2.36. The Morgan fingerprint density at radius 1 is 0.970 bits per heavy atom. The van der Waals surface area contributed by atoms with Gasteiger partial charge in [-0.3, -0.25) is 0 Å². The zero-order valence-electron chi connectivity index (χ0n) is 18.9. The van der Waals surface area contributed by atoms with Crippen LogP contribution >= 0.6 is 11.3 Å². The lowest BCUT2D eigenvalue weighted by atomic mass is 9.87. The van der Waals surface area contributed by atoms with E-state index in [2.05, 4.69) is 30.7 Å². The number of rotatable bonds is 5. The molecule has 0 amide bonds. The van der Waals surface area contributed by atoms with Gasteiger partial charge >= 0.3 is 0 Å². The quantitative estimate of drug-likeness (QED) is 0.514. The maximum absolute atomic E-state index is 13.5. The van der Waals surface area contributed by atoms with Crippen molar-refractivity contribution in [2.45, 2.75) is 37.5 Å². The minimum Gasteiger partial charge on any atom is -0.345 e. The maximum Gasteiger partial charge on any atom is 0.243 e. The van der Waals surface area contributed by atoms with Crippen molar-refractivity contribution in [3.63, 3.8) is 0 Å². The van der Waals surface area contributed by atoms with Gasteiger partial charge in [-0.15, -0.1) is 11.3 Å². The lowest BCUT2D eigenvalue weighted by Crippen LogP contribution is -2.48. The molecule has 4 rings (SSSR count). The lowest BCUT2D eigenvalue weighted by Gasteiger charge is -2.33. The second kappa shape index (κ2) is 9.12. The number of halogens is 2. The molecule has 1 saturated heterocycles. The van der Waals surface area contributed by atoms with Gasteiger partial charge in [-0.1, -0.05) is 39.0 Å². The first-order valence-corrected chi connectivity index (χ1v) is 13.1. The predicted octanol–water partition coefficient (Wildman–Crippen LogP) is 4.82. The Morgan fingerprint density at radius 3 is 2.24 bits per heavy atom. The monoisotopic (exact) mass is 491 g/mol. The largest absolute Gasteiger partial charge is 0.345 e. The van der Waals surface area contributed by atoms with Gasteiger partial charge in [0.05, 0.1) is 10.6 Å². The molecule has 3 aromatic rings. The Kier molecular flexibility index (Phi) is 6.57. The van der Waals surface area contributed by atoms with Crippen LogP contribution in [-0.2, 0) is 21.9 Å². The van der Waals surface area contributed by atoms with E-state index >= 15 is 0 Å². The average Bonchev–Trinajstić information content (AvgIpc) is 3.24. The highest BCUT2D eigenvalue weighted by atomic mass is 32.2. The van der Waals surface area contributed by atoms with Crippen molar-refractivity contribution in [3.05, 3.63) is 76.3 Å². The number of aromatic nitrogens is 1. The Balaban J connectivity index is 1.39. The minimum atomic E-state index is -3.55. The number of sulfonamides is 1. The summed E-state index contributed by atoms with van der Waals surface area (Å²) in [4.78, 5) is 7.00. The van der Waals surface area contributed by atoms with Gasteiger partial charge in [-0.05, 0) is 40.8 Å². The van der Waals surface area contributed by atoms with Crippen LogP contribution in [0, 0.1) is 11.6 Å². The second-order valence-electron chi connectivity index (χ2n) is 9.21. The summed E-state index contributed by atoms with van der Waals surface area (Å²) in [6, 6.07) is 11.0. The van der Waals surface area contributed by atoms with E-state index in [1.165, 1.54) is 21.7 Å². The van der Waals surface area contributed by atoms with Gasteiger partial charge in [0.15, 0.2) is 16.8 Å². The molecule has 1 aromatic heterocycles. The fraction of sp³-hybridized carbons (Fsp3) is 0.375. The van der Waals surface area contributed by atoms with Crippen LogP contribution in [0.25, 0.3) is 0 Å². The first-order chi connectivity index (χ1) is 15.5. The third kappa shape index (κ3) is 5.26. The average molecular weight is 492 g/mol. The third-order valence-electron chi connectivity index (χ3n) is 5.78. The Bertz CT molecular complexity index is 1230. The topological polar surface area (TPSA) is 53.5 Å². The maximum atomic E-state index is 13.5. The van der Waals surface area contributed by atoms with Crippen LogP contribution in [0.2, 0.25) is 0 Å². The Labute approximate surface area is 197 Å². The van der Waals surface area contributed by atoms with Crippen molar-refractivity contribution >= 4 is 26.5 Å². The van der Waals surface area contributed by atoms with Crippen molar-refractivity contribution in [2.24, 2.45) is 0 Å². The number of hydrogen-bond acceptors (Lipinski definition) is 5. The molecule has 176 valence electrons. The van der Waals surface area contributed by atoms with E-state index in [4.69, 9.17) is 0 Å². The van der Waals surface area contributed by atoms with E-state index in [1.54, 1.807) is 18.2 Å². The van der Waals surface area contributed by atoms with Crippen LogP contribution in [0.4, 0.5) is 13.9 Å². The number of benzene rings is 2. The highest BCUT2D eigenvalue weighted by molar-refractivity contribution is 7.89. The summed E-state index contributed by atoms with van der Waals surface area (Å²) in [5, 5.41) is 2.70. The van der Waals surface area contributed by atoms with Gasteiger partial charge in [0.25, 0.3) is 0 Å². The van der Waals surface area contributed by atoms with Crippen molar-refractivity contribution < 1.29 is 17.2 Å². The molecule has 1 aliphatic heterocycles. The van der Waals surface area contributed by atoms with E-state index in [-0.39, 0.29) is 5.41 Å². The van der Waals surface area contributed by atoms with Crippen molar-refractivity contribution in [1.82, 2.24) is 9.29 Å². The fourth-order valence-electron chi connectivity index (χ4n) is 3.78. The molecule has 0 N–H and O–H groups in total. The van der Waals surface area contributed by atoms with Gasteiger partial charge < -0.3 is 4.90 Å². The molecule has 0 radical (unpaired) electrons. The van der Waals surface area contributed by atoms with Crippen LogP contribution in [0.1, 0.15) is 37.6 Å². The summed E-state index contributed by atoms with van der Waals surface area (Å²) in [6.45, 7) is 8.12. The van der Waals surface area contributed by atoms with Gasteiger partial charge in [-0.25, -0.2) is 22.2 Å². The molecule has 5 nitrogen and oxygen atoms in total. The van der Waals surface area contributed by atoms with Crippen molar-refractivity contribution in [3.8, 4) is 0 Å². The van der Waals surface area contributed by atoms with Crippen LogP contribution in [0.15, 0.2) is 52.7 Å². The summed E-state index contributed by atoms with van der Waals surface area (Å²) in [5.74, 6) is -1.73. The zero-order valence-corrected chi connectivity index (χ0v) is 20.5. The Morgan fingerprint density at radius 2 is 1.64 bits per heavy atom. The smallest absolute Gasteiger partial charge is 0.243 e. The van der Waals surface area contributed by atoms with Crippen LogP contribution in [0.3, 0.4) is 0 Å². The zero-order chi connectivity index (χ0) is 23.8. The van der Waals surface area contributed by atoms with Gasteiger partial charge in [0, 0.05) is 38.0 Å². The van der Waals surface area contributed by atoms with Crippen LogP contribution in [-0.4, -0.2) is 43.9 Å². The third-order valence-corrected chi connectivity index (χ3v) is 8.64. The van der Waals surface area contributed by atoms with E-state index in [9.17, 15) is 17.2 Å². The lowest BCUT2D eigenvalue weighted by molar-refractivity contribution is 0.384. The molecule has 1 fully saturated rings. The second-order valence-corrected chi connectivity index (χ2v) is 12.0. The van der Waals surface area contributed by atoms with Crippen LogP contribution in [0.5, 0.6) is 0 Å². The standard InChI is InChI=1S/C24H27F2N3O2S2/c1-24(2,3)18-5-7-20(8-6-18)33(30,31)29-12-10-28(11-13-29)23-27-19(16-32-23)14-17-4-9-21(25)22(26)15-17/h4-9,15-16H,10-14H2,1-3H3. The summed E-state index contributed by atoms with van der Waals surface area (Å²) in [5.41, 5.74) is 2.48. The van der Waals surface area contributed by atoms with Crippen molar-refractivity contribution in [2.75, 3.05) is 31.1 Å². The highest BCUT2D eigenvalue weighted by Crippen LogP contribution is 2.27. The normalized spacial score (nSPS) is 15.7. The number of nitrogens with zero attached hydrogens (tertiary/aromatic N) is 3. The molecule has 1 aliphatic rings. The molecule has 0 aliphatic carbocycles. The highest BCUT2D eigenvalue weighted by Gasteiger charge is 2.29. The molecule has 9 heteroatoms. The molecule has 2 aromatic carbocycles. The number of thiazole rings is 1. The predicted molar refractivity (Wildman–Crippen MR) is 127 cm³/mol. The summed E-state index contributed by atoms with van der Waals surface area (Å²) < 4.78 is 54.3. The molecule has 0 unspecified atom stereocenters. The van der Waals surface area contributed by atoms with Gasteiger partial charge in [-0.2, -0.15) is 4.31 Å². The van der Waals surface area contributed by atoms with E-state index < -0.39 is 21.7 Å². The number of anilines is 1. The molecule has 0 bridgehead atoms. The molecule has 0 atom stereocenters. The molecular weight excluding hydrogens is 464 g/mol. The molecule has 0 spiro atoms. The molecule has 0 saturated carbocycles. The van der Waals surface area contributed by atoms with Gasteiger partial charge in [0.1, 0.15) is 0 Å². The summed E-state index contributed by atoms with van der Waals surface area (Å²) in [7, 11) is -3.55. The van der Waals surface area contributed by atoms with E-state index in [1.807, 2.05) is 17.5 Å². The van der Waals surface area contributed by atoms with Crippen molar-refractivity contribution in [1.29, 1.82) is 0 Å². The van der Waals surface area contributed by atoms with Gasteiger partial charge in [0.2, 0.25) is 10.0 Å². The fourth-order valence-corrected chi connectivity index (χ4v) is 6.08. The van der Waals surface area contributed by atoms with E-state index in [0.29, 0.717) is 43.1 Å². The first-order valence-electron chi connectivity index (χ1n) is 10.8. The molecular formula is C24H27F2N3O2S2. The molecule has 33 heavy (non-hydrogen) atoms. The molecule has 2 heterocycles. The van der Waals surface area contributed by atoms with Crippen LogP contribution < -0.4 is 4.90 Å². The summed E-state index contributed by atoms with van der Waals surface area (Å²) in [6.07, 6.45) is 0.409. The first kappa shape index (κ1) is 23.8. The number of hydrogen-bond donors (Lipinski definition) is 0. The number of piperazine rings is 1. The SMILES string of the molecule is CC(C)(C)c1ccc(S(=O)(=O)N2CCN(c3nc(Cc4ccc(F)c(F)c4)cs3)CC2)cc1.